The first-order valence-electron chi connectivity index (χ1n) is 17.8. The van der Waals surface area contributed by atoms with E-state index in [4.69, 9.17) is 52.1 Å². The topological polar surface area (TPSA) is 153 Å². The first-order chi connectivity index (χ1) is 26.2. The molecule has 0 bridgehead atoms. The SMILES string of the molecule is CO[C@H]1O[C@H](CO[C@@H]2O[C@@H]3CO[C@@H](c4ccccc4)O[C@H]3[C@H](OCc3ccccc3)[C@@H]2OCc2ccccc2)[C@@H](OC(C)=O)[C@H](OC(C)=O)[C@H]1OC(C)=O. The van der Waals surface area contributed by atoms with E-state index >= 15 is 0 Å². The molecule has 11 atom stereocenters. The summed E-state index contributed by atoms with van der Waals surface area (Å²) >= 11 is 0. The molecule has 3 aromatic carbocycles. The molecule has 0 radical (unpaired) electrons. The van der Waals surface area contributed by atoms with Crippen LogP contribution in [0.25, 0.3) is 0 Å². The van der Waals surface area contributed by atoms with E-state index in [1.54, 1.807) is 0 Å². The number of hydrogen-bond donors (Lipinski definition) is 0. The molecule has 14 heteroatoms. The van der Waals surface area contributed by atoms with Crippen molar-refractivity contribution in [1.82, 2.24) is 0 Å². The van der Waals surface area contributed by atoms with Gasteiger partial charge in [-0.15, -0.1) is 0 Å². The largest absolute Gasteiger partial charge is 0.456 e. The van der Waals surface area contributed by atoms with Crippen molar-refractivity contribution in [3.63, 3.8) is 0 Å². The van der Waals surface area contributed by atoms with E-state index in [2.05, 4.69) is 0 Å². The smallest absolute Gasteiger partial charge is 0.303 e. The zero-order valence-electron chi connectivity index (χ0n) is 30.6. The van der Waals surface area contributed by atoms with Gasteiger partial charge in [-0.3, -0.25) is 14.4 Å². The molecular formula is C40H46O14. The van der Waals surface area contributed by atoms with Gasteiger partial charge in [0.1, 0.15) is 30.5 Å². The predicted octanol–water partition coefficient (Wildman–Crippen LogP) is 4.18. The molecule has 290 valence electrons. The van der Waals surface area contributed by atoms with Gasteiger partial charge in [0.2, 0.25) is 0 Å². The first kappa shape index (κ1) is 39.4. The highest BCUT2D eigenvalue weighted by molar-refractivity contribution is 5.68. The Morgan fingerprint density at radius 3 is 1.70 bits per heavy atom. The van der Waals surface area contributed by atoms with Crippen molar-refractivity contribution in [3.05, 3.63) is 108 Å². The van der Waals surface area contributed by atoms with Gasteiger partial charge >= 0.3 is 17.9 Å². The van der Waals surface area contributed by atoms with Gasteiger partial charge in [0, 0.05) is 33.4 Å². The van der Waals surface area contributed by atoms with Crippen LogP contribution in [0.15, 0.2) is 91.0 Å². The highest BCUT2D eigenvalue weighted by Crippen LogP contribution is 2.38. The molecule has 0 spiro atoms. The van der Waals surface area contributed by atoms with Crippen molar-refractivity contribution in [2.75, 3.05) is 20.3 Å². The van der Waals surface area contributed by atoms with Gasteiger partial charge < -0.3 is 52.1 Å². The summed E-state index contributed by atoms with van der Waals surface area (Å²) in [6, 6.07) is 29.0. The number of hydrogen-bond acceptors (Lipinski definition) is 14. The normalized spacial score (nSPS) is 30.8. The van der Waals surface area contributed by atoms with E-state index in [1.165, 1.54) is 27.9 Å². The maximum atomic E-state index is 12.4. The van der Waals surface area contributed by atoms with Crippen molar-refractivity contribution in [2.45, 2.75) is 102 Å². The first-order valence-corrected chi connectivity index (χ1v) is 17.8. The summed E-state index contributed by atoms with van der Waals surface area (Å²) in [4.78, 5) is 36.7. The van der Waals surface area contributed by atoms with Gasteiger partial charge in [-0.1, -0.05) is 91.0 Å². The standard InChI is InChI=1S/C40H46O14/c1-24(41)49-33-31(52-39(44-4)37(51-26(3)43)35(33)50-25(2)42)23-48-40-36(46-21-28-16-10-6-11-17-28)34(45-20-27-14-8-5-9-15-27)32-30(53-40)22-47-38(54-32)29-18-12-7-13-19-29/h5-19,30-40H,20-23H2,1-4H3/t30-,31-,32-,33-,34+,35+,36+,37-,38-,39+,40-/m1/s1. The number of esters is 3. The van der Waals surface area contributed by atoms with Gasteiger partial charge in [0.15, 0.2) is 37.2 Å². The fraction of sp³-hybridized carbons (Fsp3) is 0.475. The Hall–Kier alpha value is -4.25. The second-order valence-electron chi connectivity index (χ2n) is 13.1. The quantitative estimate of drug-likeness (QED) is 0.171. The van der Waals surface area contributed by atoms with Gasteiger partial charge in [-0.2, -0.15) is 0 Å². The molecule has 0 amide bonds. The number of methoxy groups -OCH3 is 1. The molecule has 3 aliphatic heterocycles. The zero-order chi connectivity index (χ0) is 38.0. The van der Waals surface area contributed by atoms with Crippen LogP contribution in [0.5, 0.6) is 0 Å². The fourth-order valence-electron chi connectivity index (χ4n) is 6.73. The highest BCUT2D eigenvalue weighted by atomic mass is 16.8. The van der Waals surface area contributed by atoms with E-state index in [0.29, 0.717) is 0 Å². The lowest BCUT2D eigenvalue weighted by molar-refractivity contribution is -0.378. The van der Waals surface area contributed by atoms with Crippen molar-refractivity contribution in [3.8, 4) is 0 Å². The molecule has 0 N–H and O–H groups in total. The van der Waals surface area contributed by atoms with Crippen LogP contribution < -0.4 is 0 Å². The average Bonchev–Trinajstić information content (AvgIpc) is 3.17. The minimum atomic E-state index is -1.29. The number of rotatable bonds is 14. The van der Waals surface area contributed by atoms with Crippen LogP contribution in [0.4, 0.5) is 0 Å². The van der Waals surface area contributed by atoms with Crippen molar-refractivity contribution >= 4 is 17.9 Å². The van der Waals surface area contributed by atoms with Crippen molar-refractivity contribution in [1.29, 1.82) is 0 Å². The Labute approximate surface area is 313 Å². The summed E-state index contributed by atoms with van der Waals surface area (Å²) < 4.78 is 67.4. The number of ether oxygens (including phenoxy) is 11. The Balaban J connectivity index is 1.30. The van der Waals surface area contributed by atoms with E-state index in [1.807, 2.05) is 91.0 Å². The van der Waals surface area contributed by atoms with Crippen LogP contribution in [-0.2, 0) is 79.7 Å². The monoisotopic (exact) mass is 750 g/mol. The molecule has 0 aromatic heterocycles. The van der Waals surface area contributed by atoms with Gasteiger partial charge in [0.25, 0.3) is 0 Å². The number of carbonyl (C=O) groups excluding carboxylic acids is 3. The lowest BCUT2D eigenvalue weighted by Gasteiger charge is -2.49. The third-order valence-corrected chi connectivity index (χ3v) is 9.08. The Kier molecular flexibility index (Phi) is 13.8. The molecule has 0 aliphatic carbocycles. The molecule has 6 rings (SSSR count). The summed E-state index contributed by atoms with van der Waals surface area (Å²) in [7, 11) is 1.34. The molecule has 54 heavy (non-hydrogen) atoms. The molecule has 14 nitrogen and oxygen atoms in total. The van der Waals surface area contributed by atoms with Crippen LogP contribution in [-0.4, -0.2) is 99.6 Å². The number of fused-ring (bicyclic) bond motifs is 1. The summed E-state index contributed by atoms with van der Waals surface area (Å²) in [5.74, 6) is -2.08. The molecule has 3 aliphatic rings. The maximum absolute atomic E-state index is 12.4. The average molecular weight is 751 g/mol. The summed E-state index contributed by atoms with van der Waals surface area (Å²) in [5.41, 5.74) is 2.69. The van der Waals surface area contributed by atoms with Crippen LogP contribution in [0, 0.1) is 0 Å². The molecule has 0 unspecified atom stereocenters. The van der Waals surface area contributed by atoms with Gasteiger partial charge in [-0.05, 0) is 11.1 Å². The Bertz CT molecular complexity index is 1640. The van der Waals surface area contributed by atoms with E-state index in [0.717, 1.165) is 16.7 Å². The Morgan fingerprint density at radius 2 is 1.13 bits per heavy atom. The molecule has 3 heterocycles. The minimum Gasteiger partial charge on any atom is -0.456 e. The van der Waals surface area contributed by atoms with Crippen molar-refractivity contribution in [2.24, 2.45) is 0 Å². The Morgan fingerprint density at radius 1 is 0.593 bits per heavy atom. The second-order valence-corrected chi connectivity index (χ2v) is 13.1. The summed E-state index contributed by atoms with van der Waals surface area (Å²) in [6.07, 6.45) is -10.7. The molecule has 3 fully saturated rings. The number of benzene rings is 3. The third kappa shape index (κ3) is 10.1. The minimum absolute atomic E-state index is 0.154. The second kappa shape index (κ2) is 18.9. The van der Waals surface area contributed by atoms with E-state index in [-0.39, 0.29) is 26.4 Å². The molecule has 3 aromatic rings. The van der Waals surface area contributed by atoms with Crippen LogP contribution >= 0.6 is 0 Å². The third-order valence-electron chi connectivity index (χ3n) is 9.08. The predicted molar refractivity (Wildman–Crippen MR) is 187 cm³/mol. The van der Waals surface area contributed by atoms with Crippen LogP contribution in [0.2, 0.25) is 0 Å². The molecular weight excluding hydrogens is 704 g/mol. The maximum Gasteiger partial charge on any atom is 0.303 e. The van der Waals surface area contributed by atoms with E-state index < -0.39 is 85.6 Å². The lowest BCUT2D eigenvalue weighted by atomic mass is 9.96. The van der Waals surface area contributed by atoms with Gasteiger partial charge in [0.05, 0.1) is 26.4 Å². The lowest BCUT2D eigenvalue weighted by Crippen LogP contribution is -2.65. The van der Waals surface area contributed by atoms with Gasteiger partial charge in [-0.25, -0.2) is 0 Å². The van der Waals surface area contributed by atoms with E-state index in [9.17, 15) is 14.4 Å². The molecule has 3 saturated heterocycles. The molecule has 0 saturated carbocycles. The van der Waals surface area contributed by atoms with Crippen molar-refractivity contribution < 1.29 is 66.5 Å². The number of carbonyl (C=O) groups is 3. The zero-order valence-corrected chi connectivity index (χ0v) is 30.6. The summed E-state index contributed by atoms with van der Waals surface area (Å²) in [5, 5.41) is 0. The summed E-state index contributed by atoms with van der Waals surface area (Å²) in [6.45, 7) is 3.89. The fourth-order valence-corrected chi connectivity index (χ4v) is 6.73. The highest BCUT2D eigenvalue weighted by Gasteiger charge is 2.55. The van der Waals surface area contributed by atoms with Crippen LogP contribution in [0.1, 0.15) is 43.8 Å². The van der Waals surface area contributed by atoms with Crippen LogP contribution in [0.3, 0.4) is 0 Å².